The van der Waals surface area contributed by atoms with E-state index in [0.717, 1.165) is 28.3 Å². The lowest BCUT2D eigenvalue weighted by molar-refractivity contribution is 0.367. The first-order valence-electron chi connectivity index (χ1n) is 8.86. The van der Waals surface area contributed by atoms with Crippen molar-refractivity contribution in [3.63, 3.8) is 0 Å². The van der Waals surface area contributed by atoms with Crippen LogP contribution in [0.1, 0.15) is 34.7 Å². The quantitative estimate of drug-likeness (QED) is 0.690. The third-order valence-corrected chi connectivity index (χ3v) is 5.60. The molecule has 0 bridgehead atoms. The molecule has 0 saturated carbocycles. The molecule has 3 aromatic rings. The van der Waals surface area contributed by atoms with Gasteiger partial charge in [0.25, 0.3) is 0 Å². The second-order valence-electron chi connectivity index (χ2n) is 6.88. The first kappa shape index (κ1) is 17.7. The lowest BCUT2D eigenvalue weighted by atomic mass is 9.97. The van der Waals surface area contributed by atoms with Gasteiger partial charge in [-0.2, -0.15) is 0 Å². The Labute approximate surface area is 163 Å². The number of nitrogens with one attached hydrogen (secondary N) is 1. The first-order valence-corrected chi connectivity index (χ1v) is 9.27. The summed E-state index contributed by atoms with van der Waals surface area (Å²) in [5, 5.41) is 4.10. The highest BCUT2D eigenvalue weighted by Gasteiger charge is 2.39. The van der Waals surface area contributed by atoms with E-state index < -0.39 is 0 Å². The van der Waals surface area contributed by atoms with E-state index in [0.29, 0.717) is 5.11 Å². The van der Waals surface area contributed by atoms with E-state index in [9.17, 15) is 4.39 Å². The van der Waals surface area contributed by atoms with Crippen molar-refractivity contribution in [2.75, 3.05) is 7.05 Å². The summed E-state index contributed by atoms with van der Waals surface area (Å²) in [6, 6.07) is 14.7. The van der Waals surface area contributed by atoms with Crippen LogP contribution >= 0.6 is 12.2 Å². The Morgan fingerprint density at radius 1 is 1.11 bits per heavy atom. The van der Waals surface area contributed by atoms with Crippen LogP contribution in [0.4, 0.5) is 4.39 Å². The van der Waals surface area contributed by atoms with Gasteiger partial charge in [0.05, 0.1) is 17.8 Å². The van der Waals surface area contributed by atoms with Gasteiger partial charge in [-0.3, -0.25) is 4.98 Å². The number of hydrogen-bond acceptors (Lipinski definition) is 2. The van der Waals surface area contributed by atoms with Crippen LogP contribution in [0.5, 0.6) is 0 Å². The molecule has 1 aliphatic rings. The second-order valence-corrected chi connectivity index (χ2v) is 7.27. The SMILES string of the molecule is Cc1cc([C@@H]2[C@H](c3ccccn3)NC(=S)N2C)c(C)n1-c1cccc(F)c1. The van der Waals surface area contributed by atoms with Gasteiger partial charge in [-0.15, -0.1) is 0 Å². The van der Waals surface area contributed by atoms with Crippen molar-refractivity contribution in [3.8, 4) is 5.69 Å². The van der Waals surface area contributed by atoms with Gasteiger partial charge in [-0.1, -0.05) is 12.1 Å². The summed E-state index contributed by atoms with van der Waals surface area (Å²) in [7, 11) is 2.00. The number of nitrogens with zero attached hydrogens (tertiary/aromatic N) is 3. The van der Waals surface area contributed by atoms with E-state index in [2.05, 4.69) is 32.8 Å². The molecule has 0 aliphatic carbocycles. The molecular weight excluding hydrogens is 359 g/mol. The molecule has 2 aromatic heterocycles. The monoisotopic (exact) mass is 380 g/mol. The number of aryl methyl sites for hydroxylation is 1. The molecule has 2 atom stereocenters. The van der Waals surface area contributed by atoms with Crippen LogP contribution in [0.2, 0.25) is 0 Å². The molecule has 0 spiro atoms. The van der Waals surface area contributed by atoms with Crippen molar-refractivity contribution in [2.24, 2.45) is 0 Å². The summed E-state index contributed by atoms with van der Waals surface area (Å²) >= 11 is 5.52. The Balaban J connectivity index is 1.82. The zero-order valence-electron chi connectivity index (χ0n) is 15.5. The van der Waals surface area contributed by atoms with E-state index in [-0.39, 0.29) is 17.9 Å². The Bertz CT molecular complexity index is 999. The Kier molecular flexibility index (Phi) is 4.44. The summed E-state index contributed by atoms with van der Waals surface area (Å²) in [4.78, 5) is 6.60. The molecule has 1 fully saturated rings. The number of rotatable bonds is 3. The normalized spacial score (nSPS) is 19.4. The molecular formula is C21H21FN4S. The molecule has 1 N–H and O–H groups in total. The molecule has 1 aliphatic heterocycles. The van der Waals surface area contributed by atoms with Crippen molar-refractivity contribution >= 4 is 17.3 Å². The fraction of sp³-hybridized carbons (Fsp3) is 0.238. The van der Waals surface area contributed by atoms with E-state index >= 15 is 0 Å². The highest BCUT2D eigenvalue weighted by molar-refractivity contribution is 7.80. The van der Waals surface area contributed by atoms with Gasteiger partial charge in [0, 0.05) is 30.3 Å². The minimum absolute atomic E-state index is 0.0147. The number of aromatic nitrogens is 2. The molecule has 0 unspecified atom stereocenters. The summed E-state index contributed by atoms with van der Waals surface area (Å²) in [6.45, 7) is 4.11. The molecule has 0 radical (unpaired) electrons. The van der Waals surface area contributed by atoms with Gasteiger partial charge in [0.1, 0.15) is 5.82 Å². The van der Waals surface area contributed by atoms with Crippen molar-refractivity contribution in [1.82, 2.24) is 19.8 Å². The van der Waals surface area contributed by atoms with E-state index in [4.69, 9.17) is 12.2 Å². The molecule has 4 rings (SSSR count). The van der Waals surface area contributed by atoms with Crippen LogP contribution in [0.3, 0.4) is 0 Å². The standard InChI is InChI=1S/C21H21FN4S/c1-13-11-17(14(2)26(13)16-8-6-7-15(22)12-16)20-19(24-21(27)25(20)3)18-9-4-5-10-23-18/h4-12,19-20H,1-3H3,(H,24,27)/t19-,20+/m0/s1. The fourth-order valence-electron chi connectivity index (χ4n) is 3.95. The summed E-state index contributed by atoms with van der Waals surface area (Å²) in [5.41, 5.74) is 5.05. The van der Waals surface area contributed by atoms with Crippen LogP contribution in [-0.4, -0.2) is 26.6 Å². The zero-order chi connectivity index (χ0) is 19.1. The maximum atomic E-state index is 13.8. The molecule has 1 saturated heterocycles. The van der Waals surface area contributed by atoms with Crippen LogP contribution in [0.25, 0.3) is 5.69 Å². The fourth-order valence-corrected chi connectivity index (χ4v) is 4.19. The van der Waals surface area contributed by atoms with E-state index in [1.54, 1.807) is 18.3 Å². The lowest BCUT2D eigenvalue weighted by Gasteiger charge is -2.24. The minimum Gasteiger partial charge on any atom is -0.352 e. The number of hydrogen-bond donors (Lipinski definition) is 1. The lowest BCUT2D eigenvalue weighted by Crippen LogP contribution is -2.25. The first-order chi connectivity index (χ1) is 13.0. The molecule has 1 aromatic carbocycles. The van der Waals surface area contributed by atoms with Crippen molar-refractivity contribution in [2.45, 2.75) is 25.9 Å². The highest BCUT2D eigenvalue weighted by Crippen LogP contribution is 2.40. The van der Waals surface area contributed by atoms with Crippen LogP contribution in [0, 0.1) is 19.7 Å². The van der Waals surface area contributed by atoms with Crippen LogP contribution < -0.4 is 5.32 Å². The zero-order valence-corrected chi connectivity index (χ0v) is 16.3. The Morgan fingerprint density at radius 2 is 1.93 bits per heavy atom. The molecule has 6 heteroatoms. The number of pyridine rings is 1. The van der Waals surface area contributed by atoms with Gasteiger partial charge in [-0.05, 0) is 68.0 Å². The molecule has 0 amide bonds. The van der Waals surface area contributed by atoms with E-state index in [1.165, 1.54) is 6.07 Å². The van der Waals surface area contributed by atoms with Gasteiger partial charge in [-0.25, -0.2) is 4.39 Å². The third kappa shape index (κ3) is 3.00. The highest BCUT2D eigenvalue weighted by atomic mass is 32.1. The summed E-state index contributed by atoms with van der Waals surface area (Å²) < 4.78 is 15.9. The van der Waals surface area contributed by atoms with Crippen LogP contribution in [-0.2, 0) is 0 Å². The second kappa shape index (κ2) is 6.78. The molecule has 3 heterocycles. The van der Waals surface area contributed by atoms with Gasteiger partial charge >= 0.3 is 0 Å². The average Bonchev–Trinajstić information content (AvgIpc) is 3.11. The summed E-state index contributed by atoms with van der Waals surface area (Å²) in [6.07, 6.45) is 1.80. The molecule has 138 valence electrons. The maximum absolute atomic E-state index is 13.8. The number of halogens is 1. The van der Waals surface area contributed by atoms with Crippen molar-refractivity contribution in [1.29, 1.82) is 0 Å². The smallest absolute Gasteiger partial charge is 0.169 e. The largest absolute Gasteiger partial charge is 0.352 e. The maximum Gasteiger partial charge on any atom is 0.169 e. The molecule has 4 nitrogen and oxygen atoms in total. The molecule has 27 heavy (non-hydrogen) atoms. The van der Waals surface area contributed by atoms with Crippen molar-refractivity contribution in [3.05, 3.63) is 83.2 Å². The predicted octanol–water partition coefficient (Wildman–Crippen LogP) is 4.23. The topological polar surface area (TPSA) is 33.1 Å². The minimum atomic E-state index is -0.242. The summed E-state index contributed by atoms with van der Waals surface area (Å²) in [5.74, 6) is -0.242. The predicted molar refractivity (Wildman–Crippen MR) is 108 cm³/mol. The van der Waals surface area contributed by atoms with Gasteiger partial charge in [0.15, 0.2) is 5.11 Å². The third-order valence-electron chi connectivity index (χ3n) is 5.19. The van der Waals surface area contributed by atoms with E-state index in [1.807, 2.05) is 38.2 Å². The number of likely N-dealkylation sites (N-methyl/N-ethyl adjacent to an activating group) is 1. The Hall–Kier alpha value is -2.73. The van der Waals surface area contributed by atoms with Gasteiger partial charge in [0.2, 0.25) is 0 Å². The number of benzene rings is 1. The van der Waals surface area contributed by atoms with Gasteiger partial charge < -0.3 is 14.8 Å². The van der Waals surface area contributed by atoms with Crippen LogP contribution in [0.15, 0.2) is 54.7 Å². The Morgan fingerprint density at radius 3 is 2.63 bits per heavy atom. The van der Waals surface area contributed by atoms with Crippen molar-refractivity contribution < 1.29 is 4.39 Å². The number of thiocarbonyl (C=S) groups is 1. The average molecular weight is 380 g/mol.